The summed E-state index contributed by atoms with van der Waals surface area (Å²) < 4.78 is 5.50. The molecule has 0 bridgehead atoms. The Morgan fingerprint density at radius 1 is 1.07 bits per heavy atom. The first-order chi connectivity index (χ1) is 14.7. The fourth-order valence-corrected chi connectivity index (χ4v) is 3.16. The van der Waals surface area contributed by atoms with Crippen molar-refractivity contribution >= 4 is 17.5 Å². The highest BCUT2D eigenvalue weighted by Gasteiger charge is 2.28. The van der Waals surface area contributed by atoms with E-state index in [4.69, 9.17) is 9.57 Å². The van der Waals surface area contributed by atoms with Crippen LogP contribution in [0.2, 0.25) is 0 Å². The first-order valence-corrected chi connectivity index (χ1v) is 10.2. The molecule has 156 valence electrons. The van der Waals surface area contributed by atoms with Crippen LogP contribution in [0.5, 0.6) is 5.75 Å². The number of nitrogens with one attached hydrogen (secondary N) is 2. The number of amides is 2. The summed E-state index contributed by atoms with van der Waals surface area (Å²) in [7, 11) is 0. The number of benzene rings is 2. The van der Waals surface area contributed by atoms with Crippen LogP contribution in [0.4, 0.5) is 0 Å². The largest absolute Gasteiger partial charge is 0.484 e. The lowest BCUT2D eigenvalue weighted by Gasteiger charge is -2.10. The number of hydrogen-bond donors (Lipinski definition) is 2. The van der Waals surface area contributed by atoms with Gasteiger partial charge in [-0.25, -0.2) is 0 Å². The van der Waals surface area contributed by atoms with Gasteiger partial charge in [0.1, 0.15) is 5.75 Å². The van der Waals surface area contributed by atoms with Crippen LogP contribution >= 0.6 is 0 Å². The molecule has 0 aromatic heterocycles. The van der Waals surface area contributed by atoms with Crippen LogP contribution in [0, 0.1) is 0 Å². The molecule has 0 saturated heterocycles. The summed E-state index contributed by atoms with van der Waals surface area (Å²) in [4.78, 5) is 29.3. The first-order valence-electron chi connectivity index (χ1n) is 10.2. The van der Waals surface area contributed by atoms with E-state index >= 15 is 0 Å². The molecule has 7 nitrogen and oxygen atoms in total. The maximum absolute atomic E-state index is 12.3. The molecule has 2 aromatic carbocycles. The zero-order chi connectivity index (χ0) is 20.8. The van der Waals surface area contributed by atoms with Crippen molar-refractivity contribution in [2.45, 2.75) is 37.8 Å². The average Bonchev–Trinajstić information content (AvgIpc) is 3.44. The van der Waals surface area contributed by atoms with Crippen LogP contribution < -0.4 is 15.4 Å². The van der Waals surface area contributed by atoms with Gasteiger partial charge in [-0.05, 0) is 42.5 Å². The molecule has 2 aromatic rings. The Kier molecular flexibility index (Phi) is 6.27. The van der Waals surface area contributed by atoms with Crippen LogP contribution in [0.1, 0.15) is 30.4 Å². The van der Waals surface area contributed by atoms with Gasteiger partial charge in [0, 0.05) is 19.0 Å². The molecule has 0 spiro atoms. The van der Waals surface area contributed by atoms with Crippen LogP contribution in [0.25, 0.3) is 0 Å². The fourth-order valence-electron chi connectivity index (χ4n) is 3.16. The van der Waals surface area contributed by atoms with Crippen LogP contribution in [0.15, 0.2) is 59.8 Å². The number of oxime groups is 1. The molecule has 1 aliphatic heterocycles. The van der Waals surface area contributed by atoms with E-state index in [1.165, 1.54) is 0 Å². The second-order valence-corrected chi connectivity index (χ2v) is 7.52. The highest BCUT2D eigenvalue weighted by Crippen LogP contribution is 2.19. The molecule has 7 heteroatoms. The number of ether oxygens (including phenoxy) is 1. The van der Waals surface area contributed by atoms with Crippen molar-refractivity contribution < 1.29 is 19.2 Å². The van der Waals surface area contributed by atoms with Crippen molar-refractivity contribution in [2.24, 2.45) is 5.16 Å². The second-order valence-electron chi connectivity index (χ2n) is 7.52. The molecule has 0 radical (unpaired) electrons. The van der Waals surface area contributed by atoms with Gasteiger partial charge in [0.2, 0.25) is 6.10 Å². The predicted octanol–water partition coefficient (Wildman–Crippen LogP) is 2.20. The molecule has 1 atom stereocenters. The lowest BCUT2D eigenvalue weighted by molar-refractivity contribution is -0.131. The highest BCUT2D eigenvalue weighted by atomic mass is 16.6. The van der Waals surface area contributed by atoms with E-state index < -0.39 is 6.10 Å². The average molecular weight is 407 g/mol. The molecular weight excluding hydrogens is 382 g/mol. The summed E-state index contributed by atoms with van der Waals surface area (Å²) >= 11 is 0. The maximum atomic E-state index is 12.3. The smallest absolute Gasteiger partial charge is 0.264 e. The topological polar surface area (TPSA) is 89.0 Å². The minimum Gasteiger partial charge on any atom is -0.484 e. The van der Waals surface area contributed by atoms with Gasteiger partial charge in [0.05, 0.1) is 5.71 Å². The third kappa shape index (κ3) is 5.59. The summed E-state index contributed by atoms with van der Waals surface area (Å²) in [6, 6.07) is 17.6. The Balaban J connectivity index is 1.15. The third-order valence-electron chi connectivity index (χ3n) is 5.02. The van der Waals surface area contributed by atoms with E-state index in [0.29, 0.717) is 31.2 Å². The minimum atomic E-state index is -0.585. The van der Waals surface area contributed by atoms with Gasteiger partial charge < -0.3 is 20.2 Å². The van der Waals surface area contributed by atoms with Crippen molar-refractivity contribution in [2.75, 3.05) is 13.2 Å². The van der Waals surface area contributed by atoms with Crippen molar-refractivity contribution in [1.82, 2.24) is 10.6 Å². The Morgan fingerprint density at radius 3 is 2.57 bits per heavy atom. The summed E-state index contributed by atoms with van der Waals surface area (Å²) in [5.41, 5.74) is 2.83. The van der Waals surface area contributed by atoms with Crippen LogP contribution in [0.3, 0.4) is 0 Å². The lowest BCUT2D eigenvalue weighted by Crippen LogP contribution is -2.36. The van der Waals surface area contributed by atoms with E-state index in [9.17, 15) is 9.59 Å². The third-order valence-corrected chi connectivity index (χ3v) is 5.02. The molecule has 30 heavy (non-hydrogen) atoms. The van der Waals surface area contributed by atoms with Gasteiger partial charge in [-0.2, -0.15) is 0 Å². The number of carbonyl (C=O) groups excluding carboxylic acids is 2. The van der Waals surface area contributed by atoms with E-state index in [2.05, 4.69) is 15.8 Å². The van der Waals surface area contributed by atoms with E-state index in [-0.39, 0.29) is 18.4 Å². The van der Waals surface area contributed by atoms with Crippen LogP contribution in [-0.4, -0.2) is 42.8 Å². The number of rotatable bonds is 9. The standard InChI is InChI=1S/C23H25N3O4/c27-22(25-18-8-9-18)15-29-19-10-6-16(7-11-19)12-13-24-23(28)21-14-20(26-30-21)17-4-2-1-3-5-17/h1-7,10-11,18,21H,8-9,12-15H2,(H,24,28)(H,25,27). The molecule has 1 fully saturated rings. The molecule has 1 unspecified atom stereocenters. The Labute approximate surface area is 175 Å². The van der Waals surface area contributed by atoms with Crippen molar-refractivity contribution in [3.05, 3.63) is 65.7 Å². The molecule has 2 aliphatic rings. The Hall–Kier alpha value is -3.35. The summed E-state index contributed by atoms with van der Waals surface area (Å²) in [6.07, 6.45) is 2.69. The van der Waals surface area contributed by atoms with Gasteiger partial charge >= 0.3 is 0 Å². The normalized spacial score (nSPS) is 17.6. The second kappa shape index (κ2) is 9.43. The number of hydrogen-bond acceptors (Lipinski definition) is 5. The van der Waals surface area contributed by atoms with Gasteiger partial charge in [0.25, 0.3) is 11.8 Å². The van der Waals surface area contributed by atoms with E-state index in [1.54, 1.807) is 0 Å². The van der Waals surface area contributed by atoms with Crippen molar-refractivity contribution in [3.63, 3.8) is 0 Å². The molecule has 2 N–H and O–H groups in total. The Morgan fingerprint density at radius 2 is 1.83 bits per heavy atom. The fraction of sp³-hybridized carbons (Fsp3) is 0.348. The summed E-state index contributed by atoms with van der Waals surface area (Å²) in [6.45, 7) is 0.531. The van der Waals surface area contributed by atoms with Gasteiger partial charge in [-0.1, -0.05) is 47.6 Å². The quantitative estimate of drug-likeness (QED) is 0.667. The Bertz CT molecular complexity index is 908. The predicted molar refractivity (Wildman–Crippen MR) is 112 cm³/mol. The monoisotopic (exact) mass is 407 g/mol. The molecule has 1 aliphatic carbocycles. The van der Waals surface area contributed by atoms with Crippen LogP contribution in [-0.2, 0) is 20.8 Å². The van der Waals surface area contributed by atoms with Crippen molar-refractivity contribution in [1.29, 1.82) is 0 Å². The van der Waals surface area contributed by atoms with E-state index in [0.717, 1.165) is 29.7 Å². The summed E-state index contributed by atoms with van der Waals surface area (Å²) in [5.74, 6) is 0.405. The molecule has 4 rings (SSSR count). The molecule has 1 saturated carbocycles. The zero-order valence-corrected chi connectivity index (χ0v) is 16.7. The molecule has 1 heterocycles. The SMILES string of the molecule is O=C(COc1ccc(CCNC(=O)C2CC(c3ccccc3)=NO2)cc1)NC1CC1. The van der Waals surface area contributed by atoms with Gasteiger partial charge in [-0.15, -0.1) is 0 Å². The van der Waals surface area contributed by atoms with Gasteiger partial charge in [0.15, 0.2) is 6.61 Å². The van der Waals surface area contributed by atoms with Crippen molar-refractivity contribution in [3.8, 4) is 5.75 Å². The zero-order valence-electron chi connectivity index (χ0n) is 16.7. The number of nitrogens with zero attached hydrogens (tertiary/aromatic N) is 1. The van der Waals surface area contributed by atoms with E-state index in [1.807, 2.05) is 54.6 Å². The molecular formula is C23H25N3O4. The van der Waals surface area contributed by atoms with Gasteiger partial charge in [-0.3, -0.25) is 9.59 Å². The minimum absolute atomic E-state index is 0.0281. The lowest BCUT2D eigenvalue weighted by atomic mass is 10.0. The summed E-state index contributed by atoms with van der Waals surface area (Å²) in [5, 5.41) is 9.84. The number of carbonyl (C=O) groups is 2. The maximum Gasteiger partial charge on any atom is 0.264 e. The molecule has 2 amide bonds. The highest BCUT2D eigenvalue weighted by molar-refractivity contribution is 6.04. The first kappa shape index (κ1) is 19.9.